The molecule has 1 aromatic rings. The van der Waals surface area contributed by atoms with Crippen molar-refractivity contribution in [2.45, 2.75) is 31.9 Å². The van der Waals surface area contributed by atoms with Crippen molar-refractivity contribution in [1.82, 2.24) is 9.55 Å². The van der Waals surface area contributed by atoms with Gasteiger partial charge in [0.05, 0.1) is 6.61 Å². The molecule has 0 amide bonds. The number of anilines is 1. The van der Waals surface area contributed by atoms with Crippen LogP contribution >= 0.6 is 11.8 Å². The van der Waals surface area contributed by atoms with E-state index in [1.54, 1.807) is 22.5 Å². The molecule has 2 rings (SSSR count). The van der Waals surface area contributed by atoms with Gasteiger partial charge >= 0.3 is 5.69 Å². The van der Waals surface area contributed by atoms with E-state index in [0.717, 1.165) is 25.3 Å². The molecule has 1 aromatic heterocycles. The summed E-state index contributed by atoms with van der Waals surface area (Å²) in [6.45, 7) is 6.21. The fraction of sp³-hybridized carbons (Fsp3) is 0.714. The molecule has 0 N–H and O–H groups in total. The maximum atomic E-state index is 12.1. The number of hydrogen-bond acceptors (Lipinski definition) is 6. The first-order chi connectivity index (χ1) is 10.2. The SMILES string of the molecule is CCCOC[C@@H]1O[C@H](n2ccc(N(C)CC)nc2=O)CS1. The second kappa shape index (κ2) is 7.82. The number of nitrogens with zero attached hydrogens (tertiary/aromatic N) is 3. The number of rotatable bonds is 7. The van der Waals surface area contributed by atoms with Crippen molar-refractivity contribution < 1.29 is 9.47 Å². The summed E-state index contributed by atoms with van der Waals surface area (Å²) < 4.78 is 12.9. The van der Waals surface area contributed by atoms with E-state index < -0.39 is 0 Å². The highest BCUT2D eigenvalue weighted by Crippen LogP contribution is 2.31. The first kappa shape index (κ1) is 16.3. The van der Waals surface area contributed by atoms with Crippen molar-refractivity contribution in [1.29, 1.82) is 0 Å². The minimum absolute atomic E-state index is 0.00792. The highest BCUT2D eigenvalue weighted by atomic mass is 32.2. The average molecular weight is 313 g/mol. The number of thioether (sulfide) groups is 1. The molecular formula is C14H23N3O3S. The summed E-state index contributed by atoms with van der Waals surface area (Å²) >= 11 is 1.67. The van der Waals surface area contributed by atoms with Crippen LogP contribution in [0.3, 0.4) is 0 Å². The summed E-state index contributed by atoms with van der Waals surface area (Å²) in [5, 5.41) is 0. The predicted molar refractivity (Wildman–Crippen MR) is 84.9 cm³/mol. The van der Waals surface area contributed by atoms with Crippen molar-refractivity contribution in [2.24, 2.45) is 0 Å². The number of hydrogen-bond donors (Lipinski definition) is 0. The Labute approximate surface area is 129 Å². The van der Waals surface area contributed by atoms with Crippen LogP contribution in [-0.2, 0) is 9.47 Å². The Bertz CT molecular complexity index is 508. The summed E-state index contributed by atoms with van der Waals surface area (Å²) in [5.74, 6) is 1.43. The van der Waals surface area contributed by atoms with Gasteiger partial charge in [0.1, 0.15) is 17.5 Å². The molecule has 2 atom stereocenters. The van der Waals surface area contributed by atoms with Crippen LogP contribution in [0.2, 0.25) is 0 Å². The van der Waals surface area contributed by atoms with Crippen LogP contribution in [0, 0.1) is 0 Å². The third-order valence-electron chi connectivity index (χ3n) is 3.33. The second-order valence-corrected chi connectivity index (χ2v) is 6.11. The van der Waals surface area contributed by atoms with Gasteiger partial charge in [0.15, 0.2) is 0 Å². The van der Waals surface area contributed by atoms with Gasteiger partial charge in [-0.2, -0.15) is 4.98 Å². The van der Waals surface area contributed by atoms with Crippen LogP contribution in [0.1, 0.15) is 26.5 Å². The zero-order valence-electron chi connectivity index (χ0n) is 12.8. The first-order valence-corrected chi connectivity index (χ1v) is 8.35. The zero-order chi connectivity index (χ0) is 15.2. The van der Waals surface area contributed by atoms with E-state index in [1.807, 2.05) is 24.9 Å². The van der Waals surface area contributed by atoms with Crippen molar-refractivity contribution in [3.8, 4) is 0 Å². The highest BCUT2D eigenvalue weighted by molar-refractivity contribution is 8.00. The largest absolute Gasteiger partial charge is 0.378 e. The first-order valence-electron chi connectivity index (χ1n) is 7.30. The lowest BCUT2D eigenvalue weighted by atomic mass is 10.5. The van der Waals surface area contributed by atoms with Crippen LogP contribution < -0.4 is 10.6 Å². The number of ether oxygens (including phenoxy) is 2. The van der Waals surface area contributed by atoms with E-state index in [1.165, 1.54) is 0 Å². The van der Waals surface area contributed by atoms with Gasteiger partial charge in [-0.05, 0) is 19.4 Å². The van der Waals surface area contributed by atoms with Crippen molar-refractivity contribution in [3.05, 3.63) is 22.7 Å². The van der Waals surface area contributed by atoms with Gasteiger partial charge in [0.2, 0.25) is 0 Å². The third-order valence-corrected chi connectivity index (χ3v) is 4.42. The maximum absolute atomic E-state index is 12.1. The Kier molecular flexibility index (Phi) is 6.08. The van der Waals surface area contributed by atoms with Crippen molar-refractivity contribution in [3.63, 3.8) is 0 Å². The maximum Gasteiger partial charge on any atom is 0.351 e. The lowest BCUT2D eigenvalue weighted by Gasteiger charge is -2.18. The van der Waals surface area contributed by atoms with E-state index in [2.05, 4.69) is 11.9 Å². The van der Waals surface area contributed by atoms with Crippen molar-refractivity contribution >= 4 is 17.6 Å². The normalized spacial score (nSPS) is 21.7. The molecule has 1 saturated heterocycles. The minimum atomic E-state index is -0.270. The molecule has 6 nitrogen and oxygen atoms in total. The molecule has 0 spiro atoms. The molecular weight excluding hydrogens is 290 g/mol. The molecule has 2 heterocycles. The van der Waals surface area contributed by atoms with Crippen LogP contribution in [0.5, 0.6) is 0 Å². The Hall–Kier alpha value is -1.05. The summed E-state index contributed by atoms with van der Waals surface area (Å²) in [5.41, 5.74) is -0.278. The topological polar surface area (TPSA) is 56.6 Å². The van der Waals surface area contributed by atoms with E-state index in [0.29, 0.717) is 12.4 Å². The van der Waals surface area contributed by atoms with E-state index in [-0.39, 0.29) is 17.4 Å². The highest BCUT2D eigenvalue weighted by Gasteiger charge is 2.28. The van der Waals surface area contributed by atoms with Crippen LogP contribution in [0.25, 0.3) is 0 Å². The Balaban J connectivity index is 1.98. The smallest absolute Gasteiger partial charge is 0.351 e. The molecule has 0 unspecified atom stereocenters. The monoisotopic (exact) mass is 313 g/mol. The Morgan fingerprint density at radius 2 is 2.38 bits per heavy atom. The fourth-order valence-corrected chi connectivity index (χ4v) is 3.02. The molecule has 1 fully saturated rings. The van der Waals surface area contributed by atoms with Gasteiger partial charge in [0.25, 0.3) is 0 Å². The number of aromatic nitrogens is 2. The molecule has 0 aromatic carbocycles. The Morgan fingerprint density at radius 1 is 1.57 bits per heavy atom. The molecule has 118 valence electrons. The summed E-state index contributed by atoms with van der Waals surface area (Å²) in [7, 11) is 1.91. The van der Waals surface area contributed by atoms with E-state index in [4.69, 9.17) is 9.47 Å². The predicted octanol–water partition coefficient (Wildman–Crippen LogP) is 1.71. The van der Waals surface area contributed by atoms with Crippen LogP contribution in [-0.4, -0.2) is 47.5 Å². The summed E-state index contributed by atoms with van der Waals surface area (Å²) in [6.07, 6.45) is 2.50. The van der Waals surface area contributed by atoms with Gasteiger partial charge in [0, 0.05) is 32.1 Å². The lowest BCUT2D eigenvalue weighted by molar-refractivity contribution is -0.0245. The molecule has 1 aliphatic rings. The van der Waals surface area contributed by atoms with E-state index in [9.17, 15) is 4.79 Å². The molecule has 7 heteroatoms. The molecule has 21 heavy (non-hydrogen) atoms. The summed E-state index contributed by atoms with van der Waals surface area (Å²) in [6, 6.07) is 1.85. The minimum Gasteiger partial charge on any atom is -0.378 e. The zero-order valence-corrected chi connectivity index (χ0v) is 13.6. The third kappa shape index (κ3) is 4.21. The van der Waals surface area contributed by atoms with Crippen molar-refractivity contribution in [2.75, 3.05) is 37.5 Å². The van der Waals surface area contributed by atoms with Gasteiger partial charge in [-0.25, -0.2) is 4.79 Å². The van der Waals surface area contributed by atoms with Gasteiger partial charge < -0.3 is 14.4 Å². The van der Waals surface area contributed by atoms with E-state index >= 15 is 0 Å². The van der Waals surface area contributed by atoms with Crippen LogP contribution in [0.4, 0.5) is 5.82 Å². The quantitative estimate of drug-likeness (QED) is 0.714. The fourth-order valence-electron chi connectivity index (χ4n) is 2.00. The molecule has 0 bridgehead atoms. The Morgan fingerprint density at radius 3 is 3.05 bits per heavy atom. The summed E-state index contributed by atoms with van der Waals surface area (Å²) in [4.78, 5) is 18.1. The average Bonchev–Trinajstić information content (AvgIpc) is 2.95. The molecule has 0 radical (unpaired) electrons. The second-order valence-electron chi connectivity index (χ2n) is 4.92. The van der Waals surface area contributed by atoms with Gasteiger partial charge in [-0.15, -0.1) is 11.8 Å². The van der Waals surface area contributed by atoms with Gasteiger partial charge in [-0.1, -0.05) is 6.92 Å². The standard InChI is InChI=1S/C14H23N3O3S/c1-4-8-19-9-13-20-12(10-21-13)17-7-6-11(15-14(17)18)16(3)5-2/h6-7,12-13H,4-5,8-10H2,1-3H3/t12-,13+/m0/s1. The van der Waals surface area contributed by atoms with Gasteiger partial charge in [-0.3, -0.25) is 4.57 Å². The lowest BCUT2D eigenvalue weighted by Crippen LogP contribution is -2.30. The van der Waals surface area contributed by atoms with Crippen LogP contribution in [0.15, 0.2) is 17.1 Å². The molecule has 0 saturated carbocycles. The molecule has 1 aliphatic heterocycles. The molecule has 0 aliphatic carbocycles.